The minimum absolute atomic E-state index is 0.0124. The average Bonchev–Trinajstić information content (AvgIpc) is 3.00. The Hall–Kier alpha value is -2.41. The molecule has 5 nitrogen and oxygen atoms in total. The highest BCUT2D eigenvalue weighted by molar-refractivity contribution is 6.30. The van der Waals surface area contributed by atoms with Gasteiger partial charge in [-0.15, -0.1) is 0 Å². The van der Waals surface area contributed by atoms with Gasteiger partial charge in [0, 0.05) is 0 Å². The molecule has 1 aliphatic heterocycles. The van der Waals surface area contributed by atoms with Crippen LogP contribution >= 0.6 is 11.6 Å². The van der Waals surface area contributed by atoms with Crippen LogP contribution in [0.2, 0.25) is 5.02 Å². The van der Waals surface area contributed by atoms with E-state index < -0.39 is 6.43 Å². The van der Waals surface area contributed by atoms with Crippen LogP contribution in [0.3, 0.4) is 0 Å². The molecule has 0 radical (unpaired) electrons. The second-order valence-electron chi connectivity index (χ2n) is 4.33. The first kappa shape index (κ1) is 14.5. The molecule has 0 spiro atoms. The van der Waals surface area contributed by atoms with Gasteiger partial charge >= 0.3 is 6.01 Å². The van der Waals surface area contributed by atoms with E-state index >= 15 is 0 Å². The standard InChI is InChI=1S/C14H10ClF2N3O2/c15-9-5-18-14(19-6-9)22-11-4-2-1-3-10(11)20-7-12(13(16)17)21-8-20/h1-7,13H,8H2. The summed E-state index contributed by atoms with van der Waals surface area (Å²) in [5.74, 6) is 0.0396. The molecule has 2 aromatic rings. The molecule has 0 unspecified atom stereocenters. The van der Waals surface area contributed by atoms with Crippen LogP contribution in [0, 0.1) is 0 Å². The van der Waals surface area contributed by atoms with Crippen LogP contribution in [0.15, 0.2) is 48.6 Å². The maximum atomic E-state index is 12.6. The van der Waals surface area contributed by atoms with Crippen molar-refractivity contribution in [1.29, 1.82) is 0 Å². The summed E-state index contributed by atoms with van der Waals surface area (Å²) in [5.41, 5.74) is 0.566. The summed E-state index contributed by atoms with van der Waals surface area (Å²) < 4.78 is 35.8. The molecule has 0 atom stereocenters. The van der Waals surface area contributed by atoms with Crippen molar-refractivity contribution in [2.24, 2.45) is 0 Å². The molecule has 0 fully saturated rings. The third kappa shape index (κ3) is 3.09. The Balaban J connectivity index is 1.86. The Morgan fingerprint density at radius 3 is 2.64 bits per heavy atom. The lowest BCUT2D eigenvalue weighted by Crippen LogP contribution is -2.14. The third-order valence-corrected chi connectivity index (χ3v) is 3.04. The summed E-state index contributed by atoms with van der Waals surface area (Å²) in [6.07, 6.45) is 1.40. The number of anilines is 1. The van der Waals surface area contributed by atoms with Gasteiger partial charge in [0.2, 0.25) is 0 Å². The molecule has 1 aromatic heterocycles. The zero-order chi connectivity index (χ0) is 15.5. The van der Waals surface area contributed by atoms with Crippen LogP contribution in [-0.2, 0) is 4.74 Å². The molecule has 0 bridgehead atoms. The van der Waals surface area contributed by atoms with E-state index in [9.17, 15) is 8.78 Å². The fourth-order valence-corrected chi connectivity index (χ4v) is 1.96. The van der Waals surface area contributed by atoms with Gasteiger partial charge in [-0.2, -0.15) is 0 Å². The van der Waals surface area contributed by atoms with E-state index in [1.807, 2.05) is 0 Å². The van der Waals surface area contributed by atoms with Gasteiger partial charge in [0.15, 0.2) is 18.2 Å². The summed E-state index contributed by atoms with van der Waals surface area (Å²) >= 11 is 5.71. The van der Waals surface area contributed by atoms with Crippen LogP contribution in [0.25, 0.3) is 0 Å². The lowest BCUT2D eigenvalue weighted by molar-refractivity contribution is 0.0978. The number of benzene rings is 1. The van der Waals surface area contributed by atoms with Crippen LogP contribution in [-0.4, -0.2) is 23.1 Å². The van der Waals surface area contributed by atoms with Gasteiger partial charge in [0.25, 0.3) is 6.43 Å². The topological polar surface area (TPSA) is 47.5 Å². The van der Waals surface area contributed by atoms with Gasteiger partial charge in [-0.05, 0) is 12.1 Å². The second-order valence-corrected chi connectivity index (χ2v) is 4.77. The molecule has 1 aromatic carbocycles. The summed E-state index contributed by atoms with van der Waals surface area (Å²) in [7, 11) is 0. The van der Waals surface area contributed by atoms with Crippen molar-refractivity contribution in [2.75, 3.05) is 11.6 Å². The molecule has 0 saturated heterocycles. The summed E-state index contributed by atoms with van der Waals surface area (Å²) in [6, 6.07) is 7.03. The summed E-state index contributed by atoms with van der Waals surface area (Å²) in [5, 5.41) is 0.387. The minimum atomic E-state index is -2.65. The van der Waals surface area contributed by atoms with E-state index in [0.717, 1.165) is 0 Å². The van der Waals surface area contributed by atoms with Crippen molar-refractivity contribution in [3.8, 4) is 11.8 Å². The highest BCUT2D eigenvalue weighted by atomic mass is 35.5. The predicted octanol–water partition coefficient (Wildman–Crippen LogP) is 3.82. The first-order valence-corrected chi connectivity index (χ1v) is 6.65. The number of alkyl halides is 2. The summed E-state index contributed by atoms with van der Waals surface area (Å²) in [6.45, 7) is -0.0124. The number of nitrogens with zero attached hydrogens (tertiary/aromatic N) is 3. The normalized spacial score (nSPS) is 14.0. The van der Waals surface area contributed by atoms with Crippen LogP contribution < -0.4 is 9.64 Å². The second kappa shape index (κ2) is 6.15. The summed E-state index contributed by atoms with van der Waals surface area (Å²) in [4.78, 5) is 9.39. The van der Waals surface area contributed by atoms with Gasteiger partial charge in [-0.25, -0.2) is 18.7 Å². The molecule has 2 heterocycles. The fourth-order valence-electron chi connectivity index (χ4n) is 1.86. The molecule has 114 valence electrons. The smallest absolute Gasteiger partial charge is 0.322 e. The SMILES string of the molecule is FC(F)C1=CN(c2ccccc2Oc2ncc(Cl)cn2)CO1. The Kier molecular flexibility index (Phi) is 4.06. The van der Waals surface area contributed by atoms with Crippen molar-refractivity contribution in [2.45, 2.75) is 6.43 Å². The Morgan fingerprint density at radius 1 is 1.23 bits per heavy atom. The Labute approximate surface area is 129 Å². The number of rotatable bonds is 4. The van der Waals surface area contributed by atoms with Crippen LogP contribution in [0.5, 0.6) is 11.8 Å². The molecule has 0 saturated carbocycles. The Morgan fingerprint density at radius 2 is 1.95 bits per heavy atom. The monoisotopic (exact) mass is 325 g/mol. The largest absolute Gasteiger partial charge is 0.470 e. The molecule has 22 heavy (non-hydrogen) atoms. The lowest BCUT2D eigenvalue weighted by Gasteiger charge is -2.17. The number of aromatic nitrogens is 2. The average molecular weight is 326 g/mol. The van der Waals surface area contributed by atoms with Crippen molar-refractivity contribution >= 4 is 17.3 Å². The van der Waals surface area contributed by atoms with E-state index in [1.54, 1.807) is 24.3 Å². The number of hydrogen-bond acceptors (Lipinski definition) is 5. The number of hydrogen-bond donors (Lipinski definition) is 0. The molecule has 0 amide bonds. The van der Waals surface area contributed by atoms with E-state index in [2.05, 4.69) is 9.97 Å². The highest BCUT2D eigenvalue weighted by Gasteiger charge is 2.24. The van der Waals surface area contributed by atoms with Gasteiger partial charge in [-0.1, -0.05) is 23.7 Å². The first-order valence-electron chi connectivity index (χ1n) is 6.27. The molecular weight excluding hydrogens is 316 g/mol. The predicted molar refractivity (Wildman–Crippen MR) is 76.1 cm³/mol. The minimum Gasteiger partial charge on any atom is -0.470 e. The van der Waals surface area contributed by atoms with E-state index in [1.165, 1.54) is 23.5 Å². The van der Waals surface area contributed by atoms with E-state index in [0.29, 0.717) is 16.5 Å². The molecule has 3 rings (SSSR count). The number of ether oxygens (including phenoxy) is 2. The van der Waals surface area contributed by atoms with Crippen LogP contribution in [0.4, 0.5) is 14.5 Å². The third-order valence-electron chi connectivity index (χ3n) is 2.84. The molecule has 8 heteroatoms. The maximum Gasteiger partial charge on any atom is 0.322 e. The van der Waals surface area contributed by atoms with E-state index in [4.69, 9.17) is 21.1 Å². The molecule has 0 N–H and O–H groups in total. The van der Waals surface area contributed by atoms with Crippen molar-refractivity contribution in [3.05, 3.63) is 53.6 Å². The lowest BCUT2D eigenvalue weighted by atomic mass is 10.3. The van der Waals surface area contributed by atoms with Crippen molar-refractivity contribution in [1.82, 2.24) is 9.97 Å². The highest BCUT2D eigenvalue weighted by Crippen LogP contribution is 2.34. The maximum absolute atomic E-state index is 12.6. The zero-order valence-corrected chi connectivity index (χ0v) is 11.9. The quantitative estimate of drug-likeness (QED) is 0.855. The number of halogens is 3. The molecule has 0 aliphatic carbocycles. The molecule has 1 aliphatic rings. The first-order chi connectivity index (χ1) is 10.6. The van der Waals surface area contributed by atoms with E-state index in [-0.39, 0.29) is 18.5 Å². The zero-order valence-electron chi connectivity index (χ0n) is 11.1. The van der Waals surface area contributed by atoms with Crippen molar-refractivity contribution < 1.29 is 18.3 Å². The number of allylic oxidation sites excluding steroid dienone is 1. The Bertz CT molecular complexity index is 695. The fraction of sp³-hybridized carbons (Fsp3) is 0.143. The van der Waals surface area contributed by atoms with Crippen molar-refractivity contribution in [3.63, 3.8) is 0 Å². The van der Waals surface area contributed by atoms with Gasteiger partial charge in [-0.3, -0.25) is 0 Å². The van der Waals surface area contributed by atoms with Crippen LogP contribution in [0.1, 0.15) is 0 Å². The van der Waals surface area contributed by atoms with Gasteiger partial charge < -0.3 is 14.4 Å². The number of para-hydroxylation sites is 2. The van der Waals surface area contributed by atoms with Gasteiger partial charge in [0.05, 0.1) is 29.3 Å². The molecular formula is C14H10ClF2N3O2. The van der Waals surface area contributed by atoms with Gasteiger partial charge in [0.1, 0.15) is 0 Å².